The maximum absolute atomic E-state index is 12.8. The number of nitrogens with zero attached hydrogens (tertiary/aromatic N) is 2. The van der Waals surface area contributed by atoms with Gasteiger partial charge in [-0.1, -0.05) is 12.1 Å². The minimum Gasteiger partial charge on any atom is -0.341 e. The normalized spacial score (nSPS) is 9.40. The fourth-order valence-corrected chi connectivity index (χ4v) is 1.20. The van der Waals surface area contributed by atoms with Crippen molar-refractivity contribution < 1.29 is 9.18 Å². The standard InChI is InChI=1S/C11H11FN2O/c1-14(11(15)5-6-13)8-9-3-2-4-10(12)7-9/h2-4,7H,5,8H2,1H3. The van der Waals surface area contributed by atoms with Gasteiger partial charge in [-0.05, 0) is 17.7 Å². The first-order valence-corrected chi connectivity index (χ1v) is 4.49. The Labute approximate surface area is 87.7 Å². The first-order valence-electron chi connectivity index (χ1n) is 4.49. The van der Waals surface area contributed by atoms with Crippen LogP contribution >= 0.6 is 0 Å². The number of rotatable bonds is 3. The summed E-state index contributed by atoms with van der Waals surface area (Å²) in [5.74, 6) is -0.588. The summed E-state index contributed by atoms with van der Waals surface area (Å²) in [4.78, 5) is 12.6. The molecule has 0 aliphatic rings. The highest BCUT2D eigenvalue weighted by atomic mass is 19.1. The third kappa shape index (κ3) is 3.39. The monoisotopic (exact) mass is 206 g/mol. The van der Waals surface area contributed by atoms with E-state index in [4.69, 9.17) is 5.26 Å². The van der Waals surface area contributed by atoms with Crippen molar-refractivity contribution in [1.82, 2.24) is 4.90 Å². The fraction of sp³-hybridized carbons (Fsp3) is 0.273. The van der Waals surface area contributed by atoms with Crippen LogP contribution in [0.1, 0.15) is 12.0 Å². The van der Waals surface area contributed by atoms with Gasteiger partial charge in [-0.3, -0.25) is 4.79 Å². The maximum Gasteiger partial charge on any atom is 0.236 e. The van der Waals surface area contributed by atoms with Gasteiger partial charge in [0.15, 0.2) is 0 Å². The molecule has 0 aliphatic heterocycles. The molecule has 0 heterocycles. The molecule has 3 nitrogen and oxygen atoms in total. The number of halogens is 1. The number of benzene rings is 1. The molecule has 0 aliphatic carbocycles. The Balaban J connectivity index is 2.63. The summed E-state index contributed by atoms with van der Waals surface area (Å²) in [5, 5.41) is 8.34. The summed E-state index contributed by atoms with van der Waals surface area (Å²) in [6, 6.07) is 7.83. The topological polar surface area (TPSA) is 44.1 Å². The Kier molecular flexibility index (Phi) is 3.81. The summed E-state index contributed by atoms with van der Waals surface area (Å²) < 4.78 is 12.8. The van der Waals surface area contributed by atoms with Crippen LogP contribution < -0.4 is 0 Å². The van der Waals surface area contributed by atoms with E-state index < -0.39 is 0 Å². The van der Waals surface area contributed by atoms with Gasteiger partial charge in [-0.2, -0.15) is 5.26 Å². The van der Waals surface area contributed by atoms with E-state index in [2.05, 4.69) is 0 Å². The largest absolute Gasteiger partial charge is 0.341 e. The van der Waals surface area contributed by atoms with Crippen LogP contribution in [-0.4, -0.2) is 17.9 Å². The molecule has 1 aromatic rings. The lowest BCUT2D eigenvalue weighted by Crippen LogP contribution is -2.25. The highest BCUT2D eigenvalue weighted by Gasteiger charge is 2.08. The lowest BCUT2D eigenvalue weighted by Gasteiger charge is -2.15. The molecule has 0 spiro atoms. The minimum absolute atomic E-state index is 0.147. The Hall–Kier alpha value is -1.89. The number of carbonyl (C=O) groups excluding carboxylic acids is 1. The molecular formula is C11H11FN2O. The fourth-order valence-electron chi connectivity index (χ4n) is 1.20. The zero-order chi connectivity index (χ0) is 11.3. The molecule has 15 heavy (non-hydrogen) atoms. The number of carbonyl (C=O) groups is 1. The molecule has 1 rings (SSSR count). The molecule has 1 aromatic carbocycles. The first kappa shape index (κ1) is 11.2. The predicted molar refractivity (Wildman–Crippen MR) is 53.1 cm³/mol. The number of nitriles is 1. The average molecular weight is 206 g/mol. The van der Waals surface area contributed by atoms with Gasteiger partial charge in [0.05, 0.1) is 6.07 Å². The maximum atomic E-state index is 12.8. The van der Waals surface area contributed by atoms with Gasteiger partial charge < -0.3 is 4.90 Å². The molecule has 0 unspecified atom stereocenters. The second-order valence-corrected chi connectivity index (χ2v) is 3.21. The van der Waals surface area contributed by atoms with E-state index in [1.165, 1.54) is 17.0 Å². The van der Waals surface area contributed by atoms with Crippen LogP contribution in [0.4, 0.5) is 4.39 Å². The molecule has 0 fully saturated rings. The van der Waals surface area contributed by atoms with Gasteiger partial charge in [0.1, 0.15) is 12.2 Å². The van der Waals surface area contributed by atoms with Crippen molar-refractivity contribution in [2.24, 2.45) is 0 Å². The lowest BCUT2D eigenvalue weighted by atomic mass is 10.2. The highest BCUT2D eigenvalue weighted by Crippen LogP contribution is 2.06. The summed E-state index contributed by atoms with van der Waals surface area (Å²) in [7, 11) is 1.59. The van der Waals surface area contributed by atoms with Crippen molar-refractivity contribution in [2.75, 3.05) is 7.05 Å². The van der Waals surface area contributed by atoms with Crippen molar-refractivity contribution in [3.63, 3.8) is 0 Å². The molecule has 78 valence electrons. The molecule has 1 amide bonds. The molecule has 0 N–H and O–H groups in total. The summed E-state index contributed by atoms with van der Waals surface area (Å²) in [5.41, 5.74) is 0.712. The van der Waals surface area contributed by atoms with Crippen molar-refractivity contribution >= 4 is 5.91 Å². The second kappa shape index (κ2) is 5.11. The minimum atomic E-state index is -0.325. The molecule has 0 radical (unpaired) electrons. The van der Waals surface area contributed by atoms with Crippen LogP contribution in [0.15, 0.2) is 24.3 Å². The first-order chi connectivity index (χ1) is 7.13. The van der Waals surface area contributed by atoms with E-state index >= 15 is 0 Å². The third-order valence-electron chi connectivity index (χ3n) is 1.96. The van der Waals surface area contributed by atoms with Crippen LogP contribution in [-0.2, 0) is 11.3 Å². The molecule has 0 bridgehead atoms. The molecular weight excluding hydrogens is 195 g/mol. The molecule has 0 aromatic heterocycles. The van der Waals surface area contributed by atoms with E-state index in [0.717, 1.165) is 0 Å². The Morgan fingerprint density at radius 1 is 1.60 bits per heavy atom. The Bertz CT molecular complexity index is 398. The SMILES string of the molecule is CN(Cc1cccc(F)c1)C(=O)CC#N. The summed E-state index contributed by atoms with van der Waals surface area (Å²) in [6.45, 7) is 0.318. The summed E-state index contributed by atoms with van der Waals surface area (Å²) >= 11 is 0. The van der Waals surface area contributed by atoms with E-state index in [-0.39, 0.29) is 18.1 Å². The molecule has 4 heteroatoms. The second-order valence-electron chi connectivity index (χ2n) is 3.21. The highest BCUT2D eigenvalue weighted by molar-refractivity contribution is 5.77. The zero-order valence-electron chi connectivity index (χ0n) is 8.40. The van der Waals surface area contributed by atoms with E-state index in [9.17, 15) is 9.18 Å². The smallest absolute Gasteiger partial charge is 0.236 e. The predicted octanol–water partition coefficient (Wildman–Crippen LogP) is 1.70. The van der Waals surface area contributed by atoms with E-state index in [1.54, 1.807) is 25.2 Å². The van der Waals surface area contributed by atoms with Crippen molar-refractivity contribution in [1.29, 1.82) is 5.26 Å². The number of hydrogen-bond donors (Lipinski definition) is 0. The third-order valence-corrected chi connectivity index (χ3v) is 1.96. The van der Waals surface area contributed by atoms with Crippen molar-refractivity contribution in [3.8, 4) is 6.07 Å². The van der Waals surface area contributed by atoms with Gasteiger partial charge in [-0.15, -0.1) is 0 Å². The molecule has 0 atom stereocenters. The molecule has 0 saturated carbocycles. The lowest BCUT2D eigenvalue weighted by molar-refractivity contribution is -0.129. The zero-order valence-corrected chi connectivity index (χ0v) is 8.40. The van der Waals surface area contributed by atoms with Crippen molar-refractivity contribution in [3.05, 3.63) is 35.6 Å². The summed E-state index contributed by atoms with van der Waals surface area (Å²) in [6.07, 6.45) is -0.147. The number of hydrogen-bond acceptors (Lipinski definition) is 2. The van der Waals surface area contributed by atoms with Gasteiger partial charge >= 0.3 is 0 Å². The Morgan fingerprint density at radius 2 is 2.33 bits per heavy atom. The quantitative estimate of drug-likeness (QED) is 0.755. The van der Waals surface area contributed by atoms with Gasteiger partial charge in [0.2, 0.25) is 5.91 Å². The molecule has 0 saturated heterocycles. The van der Waals surface area contributed by atoms with Crippen molar-refractivity contribution in [2.45, 2.75) is 13.0 Å². The van der Waals surface area contributed by atoms with Crippen LogP contribution in [0, 0.1) is 17.1 Å². The van der Waals surface area contributed by atoms with Crippen LogP contribution in [0.2, 0.25) is 0 Å². The average Bonchev–Trinajstić information content (AvgIpc) is 2.18. The van der Waals surface area contributed by atoms with E-state index in [0.29, 0.717) is 12.1 Å². The van der Waals surface area contributed by atoms with Crippen LogP contribution in [0.5, 0.6) is 0 Å². The van der Waals surface area contributed by atoms with Crippen LogP contribution in [0.3, 0.4) is 0 Å². The van der Waals surface area contributed by atoms with Crippen LogP contribution in [0.25, 0.3) is 0 Å². The number of amides is 1. The van der Waals surface area contributed by atoms with E-state index in [1.807, 2.05) is 0 Å². The van der Waals surface area contributed by atoms with Gasteiger partial charge in [0, 0.05) is 13.6 Å². The Morgan fingerprint density at radius 3 is 2.93 bits per heavy atom. The van der Waals surface area contributed by atoms with Gasteiger partial charge in [-0.25, -0.2) is 4.39 Å². The van der Waals surface area contributed by atoms with Gasteiger partial charge in [0.25, 0.3) is 0 Å².